The fourth-order valence-electron chi connectivity index (χ4n) is 0.834. The van der Waals surface area contributed by atoms with Crippen LogP contribution in [0.15, 0.2) is 0 Å². The van der Waals surface area contributed by atoms with E-state index in [0.717, 1.165) is 0 Å². The Morgan fingerprint density at radius 2 is 2.15 bits per heavy atom. The molecule has 8 heteroatoms. The molecule has 0 amide bonds. The summed E-state index contributed by atoms with van der Waals surface area (Å²) in [6.07, 6.45) is -0.894. The lowest BCUT2D eigenvalue weighted by Gasteiger charge is -2.06. The third-order valence-electron chi connectivity index (χ3n) is 1.46. The minimum absolute atomic E-state index is 0.177. The smallest absolute Gasteiger partial charge is 0.267 e. The summed E-state index contributed by atoms with van der Waals surface area (Å²) in [5.41, 5.74) is 0. The van der Waals surface area contributed by atoms with Crippen LogP contribution in [0.1, 0.15) is 6.92 Å². The molecule has 1 aliphatic heterocycles. The third kappa shape index (κ3) is 3.22. The quantitative estimate of drug-likeness (QED) is 0.583. The van der Waals surface area contributed by atoms with Crippen molar-refractivity contribution in [1.29, 1.82) is 0 Å². The molecule has 78 valence electrons. The summed E-state index contributed by atoms with van der Waals surface area (Å²) in [6, 6.07) is 0. The van der Waals surface area contributed by atoms with Crippen LogP contribution in [0.25, 0.3) is 0 Å². The van der Waals surface area contributed by atoms with Gasteiger partial charge in [0.1, 0.15) is 11.9 Å². The molecule has 1 unspecified atom stereocenters. The van der Waals surface area contributed by atoms with Crippen molar-refractivity contribution in [3.05, 3.63) is 0 Å². The first-order valence-electron chi connectivity index (χ1n) is 3.63. The Hall–Kier alpha value is -0.180. The van der Waals surface area contributed by atoms with E-state index < -0.39 is 32.1 Å². The highest BCUT2D eigenvalue weighted by Gasteiger charge is 2.32. The van der Waals surface area contributed by atoms with Crippen molar-refractivity contribution in [1.82, 2.24) is 0 Å². The molecular weight excluding hydrogens is 220 g/mol. The Morgan fingerprint density at radius 3 is 2.54 bits per heavy atom. The molecule has 0 aromatic heterocycles. The first kappa shape index (κ1) is 10.9. The molecule has 1 fully saturated rings. The minimum atomic E-state index is -3.60. The van der Waals surface area contributed by atoms with Crippen LogP contribution >= 0.6 is 0 Å². The van der Waals surface area contributed by atoms with Crippen LogP contribution in [0.4, 0.5) is 0 Å². The van der Waals surface area contributed by atoms with Crippen molar-refractivity contribution in [2.45, 2.75) is 13.0 Å². The topological polar surface area (TPSA) is 86.7 Å². The van der Waals surface area contributed by atoms with Crippen molar-refractivity contribution in [3.8, 4) is 0 Å². The Morgan fingerprint density at radius 1 is 1.54 bits per heavy atom. The largest absolute Gasteiger partial charge is 0.270 e. The van der Waals surface area contributed by atoms with Crippen LogP contribution < -0.4 is 0 Å². The summed E-state index contributed by atoms with van der Waals surface area (Å²) < 4.78 is 52.1. The molecule has 0 bridgehead atoms. The van der Waals surface area contributed by atoms with Gasteiger partial charge in [0.15, 0.2) is 0 Å². The van der Waals surface area contributed by atoms with E-state index in [9.17, 15) is 16.8 Å². The van der Waals surface area contributed by atoms with Gasteiger partial charge in [0, 0.05) is 0 Å². The fourth-order valence-corrected chi connectivity index (χ4v) is 2.67. The maximum atomic E-state index is 10.9. The Labute approximate surface area is 77.1 Å². The van der Waals surface area contributed by atoms with Gasteiger partial charge in [-0.05, 0) is 6.92 Å². The van der Waals surface area contributed by atoms with Crippen molar-refractivity contribution < 1.29 is 25.2 Å². The summed E-state index contributed by atoms with van der Waals surface area (Å²) in [4.78, 5) is 0. The van der Waals surface area contributed by atoms with E-state index in [2.05, 4.69) is 8.37 Å². The number of hydrogen-bond donors (Lipinski definition) is 0. The molecule has 0 spiro atoms. The lowest BCUT2D eigenvalue weighted by molar-refractivity contribution is 0.186. The summed E-state index contributed by atoms with van der Waals surface area (Å²) in [6.45, 7) is 1.20. The van der Waals surface area contributed by atoms with Gasteiger partial charge in [-0.15, -0.1) is 0 Å². The molecule has 0 aromatic carbocycles. The van der Waals surface area contributed by atoms with Crippen LogP contribution in [0.2, 0.25) is 0 Å². The number of rotatable bonds is 3. The van der Waals surface area contributed by atoms with Gasteiger partial charge in [0.2, 0.25) is 0 Å². The van der Waals surface area contributed by atoms with Gasteiger partial charge in [-0.25, -0.2) is 0 Å². The Balaban J connectivity index is 2.60. The van der Waals surface area contributed by atoms with Gasteiger partial charge in [0.25, 0.3) is 20.2 Å². The third-order valence-corrected chi connectivity index (χ3v) is 4.01. The Bertz CT molecular complexity index is 366. The van der Waals surface area contributed by atoms with Crippen LogP contribution in [-0.2, 0) is 28.6 Å². The van der Waals surface area contributed by atoms with E-state index in [1.165, 1.54) is 6.92 Å². The summed E-state index contributed by atoms with van der Waals surface area (Å²) >= 11 is 0. The lowest BCUT2D eigenvalue weighted by atomic mass is 10.5. The van der Waals surface area contributed by atoms with Crippen LogP contribution in [0.5, 0.6) is 0 Å². The van der Waals surface area contributed by atoms with E-state index in [1.54, 1.807) is 0 Å². The second kappa shape index (κ2) is 3.52. The second-order valence-corrected chi connectivity index (χ2v) is 6.14. The SMILES string of the molecule is CCS(=O)(=O)OC1COS(=O)(=O)C1. The van der Waals surface area contributed by atoms with Crippen molar-refractivity contribution >= 4 is 20.2 Å². The van der Waals surface area contributed by atoms with E-state index in [-0.39, 0.29) is 12.4 Å². The van der Waals surface area contributed by atoms with Gasteiger partial charge in [-0.1, -0.05) is 0 Å². The average molecular weight is 230 g/mol. The summed E-state index contributed by atoms with van der Waals surface area (Å²) in [5.74, 6) is -0.574. The highest BCUT2D eigenvalue weighted by molar-refractivity contribution is 7.87. The van der Waals surface area contributed by atoms with Gasteiger partial charge < -0.3 is 0 Å². The molecule has 1 saturated heterocycles. The maximum Gasteiger partial charge on any atom is 0.270 e. The van der Waals surface area contributed by atoms with E-state index >= 15 is 0 Å². The molecular formula is C5H10O6S2. The zero-order valence-corrected chi connectivity index (χ0v) is 8.60. The van der Waals surface area contributed by atoms with Crippen LogP contribution in [0.3, 0.4) is 0 Å². The number of hydrogen-bond acceptors (Lipinski definition) is 6. The normalized spacial score (nSPS) is 27.6. The second-order valence-electron chi connectivity index (χ2n) is 2.57. The molecule has 1 heterocycles. The fraction of sp³-hybridized carbons (Fsp3) is 1.00. The molecule has 13 heavy (non-hydrogen) atoms. The zero-order chi connectivity index (χ0) is 10.1. The summed E-state index contributed by atoms with van der Waals surface area (Å²) in [7, 11) is -7.16. The molecule has 1 atom stereocenters. The maximum absolute atomic E-state index is 10.9. The van der Waals surface area contributed by atoms with E-state index in [1.807, 2.05) is 0 Å². The molecule has 1 aliphatic rings. The van der Waals surface area contributed by atoms with Crippen molar-refractivity contribution in [2.75, 3.05) is 18.1 Å². The standard InChI is InChI=1S/C5H10O6S2/c1-2-12(6,7)11-5-3-10-13(8,9)4-5/h5H,2-4H2,1H3. The van der Waals surface area contributed by atoms with Gasteiger partial charge in [0.05, 0.1) is 12.4 Å². The predicted octanol–water partition coefficient (Wildman–Crippen LogP) is -0.919. The summed E-state index contributed by atoms with van der Waals surface area (Å²) in [5, 5.41) is 0. The van der Waals surface area contributed by atoms with E-state index in [4.69, 9.17) is 0 Å². The lowest BCUT2D eigenvalue weighted by Crippen LogP contribution is -2.22. The molecule has 0 radical (unpaired) electrons. The highest BCUT2D eigenvalue weighted by atomic mass is 32.2. The molecule has 1 rings (SSSR count). The van der Waals surface area contributed by atoms with E-state index in [0.29, 0.717) is 0 Å². The molecule has 0 aliphatic carbocycles. The zero-order valence-electron chi connectivity index (χ0n) is 6.96. The van der Waals surface area contributed by atoms with Gasteiger partial charge >= 0.3 is 0 Å². The first-order chi connectivity index (χ1) is 5.85. The van der Waals surface area contributed by atoms with Crippen LogP contribution in [-0.4, -0.2) is 41.1 Å². The Kier molecular flexibility index (Phi) is 2.95. The molecule has 0 saturated carbocycles. The van der Waals surface area contributed by atoms with Crippen molar-refractivity contribution in [2.24, 2.45) is 0 Å². The first-order valence-corrected chi connectivity index (χ1v) is 6.78. The van der Waals surface area contributed by atoms with Gasteiger partial charge in [-0.3, -0.25) is 8.37 Å². The van der Waals surface area contributed by atoms with Gasteiger partial charge in [-0.2, -0.15) is 16.8 Å². The average Bonchev–Trinajstić information content (AvgIpc) is 2.29. The molecule has 0 N–H and O–H groups in total. The predicted molar refractivity (Wildman–Crippen MR) is 44.1 cm³/mol. The van der Waals surface area contributed by atoms with Crippen molar-refractivity contribution in [3.63, 3.8) is 0 Å². The molecule has 6 nitrogen and oxygen atoms in total. The molecule has 0 aromatic rings. The van der Waals surface area contributed by atoms with Crippen LogP contribution in [0, 0.1) is 0 Å². The minimum Gasteiger partial charge on any atom is -0.267 e. The monoisotopic (exact) mass is 230 g/mol. The highest BCUT2D eigenvalue weighted by Crippen LogP contribution is 2.13.